The number of carboxylic acid groups (broad SMARTS) is 1. The molecule has 134 valence electrons. The van der Waals surface area contributed by atoms with Crippen molar-refractivity contribution in [3.8, 4) is 0 Å². The Morgan fingerprint density at radius 2 is 1.65 bits per heavy atom. The van der Waals surface area contributed by atoms with Crippen LogP contribution in [-0.4, -0.2) is 35.0 Å². The van der Waals surface area contributed by atoms with E-state index in [1.54, 1.807) is 12.1 Å². The van der Waals surface area contributed by atoms with E-state index in [0.29, 0.717) is 11.4 Å². The highest BCUT2D eigenvalue weighted by Gasteiger charge is 2.23. The predicted molar refractivity (Wildman–Crippen MR) is 95.9 cm³/mol. The quantitative estimate of drug-likeness (QED) is 0.629. The fourth-order valence-corrected chi connectivity index (χ4v) is 2.94. The number of rotatable bonds is 5. The van der Waals surface area contributed by atoms with Crippen LogP contribution in [0.1, 0.15) is 33.6 Å². The average molecular weight is 355 g/mol. The highest BCUT2D eigenvalue weighted by atomic mass is 16.6. The maximum Gasteiger partial charge on any atom is 0.335 e. The lowest BCUT2D eigenvalue weighted by Gasteiger charge is -2.17. The molecule has 0 saturated carbocycles. The number of hydrogen-bond donors (Lipinski definition) is 2. The van der Waals surface area contributed by atoms with Crippen molar-refractivity contribution in [1.29, 1.82) is 0 Å². The van der Waals surface area contributed by atoms with Gasteiger partial charge in [-0.2, -0.15) is 0 Å². The summed E-state index contributed by atoms with van der Waals surface area (Å²) in [7, 11) is 0. The monoisotopic (exact) mass is 355 g/mol. The van der Waals surface area contributed by atoms with Gasteiger partial charge in [0.1, 0.15) is 5.69 Å². The zero-order valence-electron chi connectivity index (χ0n) is 13.8. The molecule has 0 aromatic heterocycles. The fraction of sp³-hybridized carbons (Fsp3) is 0.222. The summed E-state index contributed by atoms with van der Waals surface area (Å²) < 4.78 is 0. The van der Waals surface area contributed by atoms with Crippen LogP contribution in [0.5, 0.6) is 0 Å². The van der Waals surface area contributed by atoms with Crippen molar-refractivity contribution in [2.75, 3.05) is 23.3 Å². The first kappa shape index (κ1) is 17.4. The summed E-state index contributed by atoms with van der Waals surface area (Å²) in [6.45, 7) is 1.53. The molecule has 0 unspecified atom stereocenters. The second kappa shape index (κ2) is 7.22. The third kappa shape index (κ3) is 3.64. The molecule has 1 aliphatic rings. The summed E-state index contributed by atoms with van der Waals surface area (Å²) in [4.78, 5) is 36.1. The van der Waals surface area contributed by atoms with Crippen LogP contribution in [0.15, 0.2) is 42.5 Å². The lowest BCUT2D eigenvalue weighted by atomic mass is 10.1. The number of aromatic carboxylic acids is 1. The van der Waals surface area contributed by atoms with E-state index in [1.165, 1.54) is 30.3 Å². The molecule has 1 fully saturated rings. The summed E-state index contributed by atoms with van der Waals surface area (Å²) >= 11 is 0. The van der Waals surface area contributed by atoms with Gasteiger partial charge in [0.2, 0.25) is 0 Å². The normalized spacial score (nSPS) is 13.5. The summed E-state index contributed by atoms with van der Waals surface area (Å²) in [5.41, 5.74) is 1.11. The van der Waals surface area contributed by atoms with Gasteiger partial charge in [-0.3, -0.25) is 14.9 Å². The van der Waals surface area contributed by atoms with Crippen LogP contribution in [0.3, 0.4) is 0 Å². The van der Waals surface area contributed by atoms with E-state index in [4.69, 9.17) is 5.11 Å². The van der Waals surface area contributed by atoms with Gasteiger partial charge >= 0.3 is 5.97 Å². The number of amides is 1. The van der Waals surface area contributed by atoms with Crippen LogP contribution in [0, 0.1) is 10.1 Å². The Labute approximate surface area is 149 Å². The number of carbonyl (C=O) groups excluding carboxylic acids is 1. The summed E-state index contributed by atoms with van der Waals surface area (Å²) in [6, 6.07) is 10.1. The third-order valence-corrected chi connectivity index (χ3v) is 4.27. The predicted octanol–water partition coefficient (Wildman–Crippen LogP) is 3.15. The minimum atomic E-state index is -1.06. The molecule has 0 atom stereocenters. The number of nitrogens with one attached hydrogen (secondary N) is 1. The number of anilines is 2. The molecule has 0 radical (unpaired) electrons. The van der Waals surface area contributed by atoms with E-state index < -0.39 is 16.8 Å². The second-order valence-electron chi connectivity index (χ2n) is 5.99. The Balaban J connectivity index is 1.81. The molecule has 0 aliphatic carbocycles. The van der Waals surface area contributed by atoms with Crippen LogP contribution in [0.2, 0.25) is 0 Å². The summed E-state index contributed by atoms with van der Waals surface area (Å²) in [5, 5.41) is 22.9. The Morgan fingerprint density at radius 3 is 2.23 bits per heavy atom. The average Bonchev–Trinajstić information content (AvgIpc) is 3.16. The number of hydrogen-bond acceptors (Lipinski definition) is 5. The number of carboxylic acids is 1. The van der Waals surface area contributed by atoms with Gasteiger partial charge in [-0.15, -0.1) is 0 Å². The maximum atomic E-state index is 12.4. The lowest BCUT2D eigenvalue weighted by Crippen LogP contribution is -2.19. The van der Waals surface area contributed by atoms with E-state index in [9.17, 15) is 19.7 Å². The number of carbonyl (C=O) groups is 2. The highest BCUT2D eigenvalue weighted by Crippen LogP contribution is 2.31. The smallest absolute Gasteiger partial charge is 0.335 e. The first-order valence-corrected chi connectivity index (χ1v) is 8.14. The highest BCUT2D eigenvalue weighted by molar-refractivity contribution is 6.05. The largest absolute Gasteiger partial charge is 0.478 e. The molecule has 1 heterocycles. The molecule has 3 rings (SSSR count). The molecular formula is C18H17N3O5. The van der Waals surface area contributed by atoms with Crippen LogP contribution in [0.4, 0.5) is 17.1 Å². The molecule has 1 saturated heterocycles. The Kier molecular flexibility index (Phi) is 4.83. The Bertz CT molecular complexity index is 858. The van der Waals surface area contributed by atoms with Gasteiger partial charge in [0, 0.05) is 30.4 Å². The fourth-order valence-electron chi connectivity index (χ4n) is 2.94. The molecule has 8 heteroatoms. The summed E-state index contributed by atoms with van der Waals surface area (Å²) in [5.74, 6) is -1.56. The van der Waals surface area contributed by atoms with Crippen molar-refractivity contribution >= 4 is 28.9 Å². The molecule has 0 spiro atoms. The van der Waals surface area contributed by atoms with E-state index in [-0.39, 0.29) is 16.8 Å². The van der Waals surface area contributed by atoms with Gasteiger partial charge < -0.3 is 15.3 Å². The van der Waals surface area contributed by atoms with Crippen LogP contribution >= 0.6 is 0 Å². The van der Waals surface area contributed by atoms with Crippen molar-refractivity contribution < 1.29 is 19.6 Å². The standard InChI is InChI=1S/C18H17N3O5/c22-17(19-14-6-3-12(4-7-14)18(23)24)13-5-8-15(16(11-13)21(25)26)20-9-1-2-10-20/h3-8,11H,1-2,9-10H2,(H,19,22)(H,23,24). The van der Waals surface area contributed by atoms with Crippen molar-refractivity contribution in [3.63, 3.8) is 0 Å². The molecule has 26 heavy (non-hydrogen) atoms. The van der Waals surface area contributed by atoms with Crippen LogP contribution < -0.4 is 10.2 Å². The van der Waals surface area contributed by atoms with Gasteiger partial charge in [0.15, 0.2) is 0 Å². The van der Waals surface area contributed by atoms with Crippen molar-refractivity contribution in [2.24, 2.45) is 0 Å². The van der Waals surface area contributed by atoms with E-state index in [1.807, 2.05) is 4.90 Å². The van der Waals surface area contributed by atoms with Gasteiger partial charge in [-0.1, -0.05) is 0 Å². The lowest BCUT2D eigenvalue weighted by molar-refractivity contribution is -0.384. The van der Waals surface area contributed by atoms with Gasteiger partial charge in [-0.05, 0) is 49.2 Å². The minimum absolute atomic E-state index is 0.0965. The number of nitro groups is 1. The Morgan fingerprint density at radius 1 is 1.04 bits per heavy atom. The van der Waals surface area contributed by atoms with E-state index >= 15 is 0 Å². The molecule has 2 N–H and O–H groups in total. The number of nitrogens with zero attached hydrogens (tertiary/aromatic N) is 2. The van der Waals surface area contributed by atoms with Gasteiger partial charge in [-0.25, -0.2) is 4.79 Å². The maximum absolute atomic E-state index is 12.4. The first-order chi connectivity index (χ1) is 12.5. The molecule has 2 aromatic carbocycles. The Hall–Kier alpha value is -3.42. The molecule has 8 nitrogen and oxygen atoms in total. The number of nitro benzene ring substituents is 1. The SMILES string of the molecule is O=C(O)c1ccc(NC(=O)c2ccc(N3CCCC3)c([N+](=O)[O-])c2)cc1. The van der Waals surface area contributed by atoms with Crippen LogP contribution in [0.25, 0.3) is 0 Å². The minimum Gasteiger partial charge on any atom is -0.478 e. The van der Waals surface area contributed by atoms with E-state index in [2.05, 4.69) is 5.32 Å². The van der Waals surface area contributed by atoms with Gasteiger partial charge in [0.05, 0.1) is 10.5 Å². The van der Waals surface area contributed by atoms with Gasteiger partial charge in [0.25, 0.3) is 11.6 Å². The molecule has 1 amide bonds. The molecule has 0 bridgehead atoms. The van der Waals surface area contributed by atoms with E-state index in [0.717, 1.165) is 25.9 Å². The second-order valence-corrected chi connectivity index (χ2v) is 5.99. The topological polar surface area (TPSA) is 113 Å². The van der Waals surface area contributed by atoms with Crippen molar-refractivity contribution in [2.45, 2.75) is 12.8 Å². The summed E-state index contributed by atoms with van der Waals surface area (Å²) in [6.07, 6.45) is 1.98. The third-order valence-electron chi connectivity index (χ3n) is 4.27. The zero-order valence-corrected chi connectivity index (χ0v) is 13.8. The first-order valence-electron chi connectivity index (χ1n) is 8.14. The molecular weight excluding hydrogens is 338 g/mol. The van der Waals surface area contributed by atoms with Crippen molar-refractivity contribution in [3.05, 3.63) is 63.7 Å². The zero-order chi connectivity index (χ0) is 18.7. The molecule has 1 aliphatic heterocycles. The van der Waals surface area contributed by atoms with Crippen LogP contribution in [-0.2, 0) is 0 Å². The number of benzene rings is 2. The molecule has 2 aromatic rings. The van der Waals surface area contributed by atoms with Crippen molar-refractivity contribution in [1.82, 2.24) is 0 Å².